The van der Waals surface area contributed by atoms with Crippen molar-refractivity contribution in [2.24, 2.45) is 5.92 Å². The van der Waals surface area contributed by atoms with Crippen LogP contribution >= 0.6 is 0 Å². The first-order chi connectivity index (χ1) is 21.6. The lowest BCUT2D eigenvalue weighted by Gasteiger charge is -2.19. The van der Waals surface area contributed by atoms with Gasteiger partial charge in [0, 0.05) is 59.9 Å². The summed E-state index contributed by atoms with van der Waals surface area (Å²) in [6.45, 7) is 6.17. The predicted molar refractivity (Wildman–Crippen MR) is 169 cm³/mol. The maximum absolute atomic E-state index is 13.8. The molecule has 234 valence electrons. The van der Waals surface area contributed by atoms with Gasteiger partial charge in [-0.1, -0.05) is 13.8 Å². The lowest BCUT2D eigenvalue weighted by molar-refractivity contribution is 0.0525. The number of nitrogens with one attached hydrogen (secondary N) is 3. The molecule has 6 rings (SSSR count). The highest BCUT2D eigenvalue weighted by atomic mass is 32.2. The fourth-order valence-electron chi connectivity index (χ4n) is 5.73. The van der Waals surface area contributed by atoms with Gasteiger partial charge in [0.1, 0.15) is 0 Å². The third kappa shape index (κ3) is 6.52. The summed E-state index contributed by atoms with van der Waals surface area (Å²) < 4.78 is 35.6. The van der Waals surface area contributed by atoms with Crippen LogP contribution in [0.5, 0.6) is 0 Å². The van der Waals surface area contributed by atoms with Crippen molar-refractivity contribution in [1.82, 2.24) is 25.0 Å². The van der Waals surface area contributed by atoms with Crippen LogP contribution in [0.4, 0.5) is 5.69 Å². The molecule has 3 N–H and O–H groups in total. The number of fused-ring (bicyclic) bond motifs is 3. The van der Waals surface area contributed by atoms with Gasteiger partial charge in [0.25, 0.3) is 5.91 Å². The maximum atomic E-state index is 13.8. The van der Waals surface area contributed by atoms with Crippen molar-refractivity contribution in [2.45, 2.75) is 62.9 Å². The molecule has 45 heavy (non-hydrogen) atoms. The van der Waals surface area contributed by atoms with Crippen molar-refractivity contribution in [3.8, 4) is 0 Å². The standard InChI is InChI=1S/C33H36N6O5S/c1-4-44-33(41)22-10-23(17-35-16-22)38-29-13-28(39-32(40)21-6-5-9-34-15-21)25-12-30(45(42,43)37-14-19(2)3)24-11-27(20-7-8-20)36-18-26(24)31(25)29/h5-6,9-12,15-20,28-29,37-38H,4,7-8,13-14H2,1-3H3,(H,39,40)/t28-,29-/m1/s1. The van der Waals surface area contributed by atoms with Crippen LogP contribution in [0, 0.1) is 5.92 Å². The van der Waals surface area contributed by atoms with Gasteiger partial charge in [-0.05, 0) is 73.6 Å². The van der Waals surface area contributed by atoms with E-state index < -0.39 is 22.0 Å². The molecule has 1 aromatic carbocycles. The number of carbonyl (C=O) groups excluding carboxylic acids is 2. The van der Waals surface area contributed by atoms with Gasteiger partial charge in [0.2, 0.25) is 10.0 Å². The molecule has 3 aromatic heterocycles. The Morgan fingerprint density at radius 3 is 2.51 bits per heavy atom. The highest BCUT2D eigenvalue weighted by molar-refractivity contribution is 7.89. The molecule has 2 aliphatic carbocycles. The number of rotatable bonds is 11. The number of carbonyl (C=O) groups is 2. The number of amides is 1. The van der Waals surface area contributed by atoms with Crippen LogP contribution in [0.25, 0.3) is 10.8 Å². The molecule has 2 aliphatic rings. The summed E-state index contributed by atoms with van der Waals surface area (Å²) in [6, 6.07) is 7.74. The van der Waals surface area contributed by atoms with Crippen LogP contribution in [0.2, 0.25) is 0 Å². The van der Waals surface area contributed by atoms with Crippen LogP contribution in [0.1, 0.15) is 95.6 Å². The Bertz CT molecular complexity index is 1860. The Hall–Kier alpha value is -4.42. The highest BCUT2D eigenvalue weighted by Gasteiger charge is 2.37. The van der Waals surface area contributed by atoms with Gasteiger partial charge in [-0.2, -0.15) is 0 Å². The number of benzene rings is 1. The van der Waals surface area contributed by atoms with Crippen molar-refractivity contribution < 1.29 is 22.7 Å². The topological polar surface area (TPSA) is 152 Å². The van der Waals surface area contributed by atoms with Gasteiger partial charge in [-0.3, -0.25) is 19.7 Å². The monoisotopic (exact) mass is 628 g/mol. The summed E-state index contributed by atoms with van der Waals surface area (Å²) in [5.74, 6) is -0.370. The number of sulfonamides is 1. The minimum atomic E-state index is -3.91. The number of hydrogen-bond donors (Lipinski definition) is 3. The van der Waals surface area contributed by atoms with E-state index in [1.807, 2.05) is 19.9 Å². The van der Waals surface area contributed by atoms with E-state index in [0.717, 1.165) is 24.1 Å². The van der Waals surface area contributed by atoms with Crippen molar-refractivity contribution in [3.63, 3.8) is 0 Å². The third-order valence-corrected chi connectivity index (χ3v) is 9.52. The van der Waals surface area contributed by atoms with E-state index in [4.69, 9.17) is 9.72 Å². The molecule has 1 saturated carbocycles. The minimum Gasteiger partial charge on any atom is -0.462 e. The second kappa shape index (κ2) is 12.5. The van der Waals surface area contributed by atoms with E-state index in [9.17, 15) is 18.0 Å². The van der Waals surface area contributed by atoms with Crippen LogP contribution in [0.3, 0.4) is 0 Å². The average Bonchev–Trinajstić information content (AvgIpc) is 3.83. The van der Waals surface area contributed by atoms with E-state index in [0.29, 0.717) is 45.5 Å². The second-order valence-electron chi connectivity index (χ2n) is 11.9. The SMILES string of the molecule is CCOC(=O)c1cncc(N[C@@H]2C[C@@H](NC(=O)c3cccnc3)c3cc(S(=O)(=O)NCC(C)C)c4cc(C5CC5)ncc4c32)c1. The van der Waals surface area contributed by atoms with Crippen molar-refractivity contribution >= 4 is 38.4 Å². The minimum absolute atomic E-state index is 0.114. The van der Waals surface area contributed by atoms with Gasteiger partial charge < -0.3 is 15.4 Å². The number of pyridine rings is 3. The third-order valence-electron chi connectivity index (χ3n) is 8.06. The normalized spacial score (nSPS) is 17.7. The second-order valence-corrected chi connectivity index (χ2v) is 13.7. The van der Waals surface area contributed by atoms with Gasteiger partial charge in [-0.15, -0.1) is 0 Å². The van der Waals surface area contributed by atoms with E-state index in [1.165, 1.54) is 12.4 Å². The number of hydrogen-bond acceptors (Lipinski definition) is 9. The Morgan fingerprint density at radius 1 is 1.00 bits per heavy atom. The first-order valence-electron chi connectivity index (χ1n) is 15.2. The molecule has 0 bridgehead atoms. The lowest BCUT2D eigenvalue weighted by atomic mass is 9.98. The molecular weight excluding hydrogens is 592 g/mol. The molecule has 2 atom stereocenters. The molecule has 3 heterocycles. The first-order valence-corrected chi connectivity index (χ1v) is 16.7. The van der Waals surface area contributed by atoms with Crippen LogP contribution in [0.15, 0.2) is 66.2 Å². The Morgan fingerprint density at radius 2 is 1.80 bits per heavy atom. The van der Waals surface area contributed by atoms with Gasteiger partial charge in [0.15, 0.2) is 0 Å². The van der Waals surface area contributed by atoms with Crippen LogP contribution in [-0.4, -0.2) is 48.4 Å². The van der Waals surface area contributed by atoms with E-state index in [2.05, 4.69) is 25.3 Å². The molecule has 12 heteroatoms. The summed E-state index contributed by atoms with van der Waals surface area (Å²) in [4.78, 5) is 39.0. The zero-order valence-electron chi connectivity index (χ0n) is 25.4. The average molecular weight is 629 g/mol. The summed E-state index contributed by atoms with van der Waals surface area (Å²) in [6.07, 6.45) is 10.4. The maximum Gasteiger partial charge on any atom is 0.339 e. The lowest BCUT2D eigenvalue weighted by Crippen LogP contribution is -2.29. The van der Waals surface area contributed by atoms with Crippen molar-refractivity contribution in [1.29, 1.82) is 0 Å². The fourth-order valence-corrected chi connectivity index (χ4v) is 7.18. The predicted octanol–water partition coefficient (Wildman–Crippen LogP) is 5.04. The molecule has 1 amide bonds. The van der Waals surface area contributed by atoms with E-state index in [-0.39, 0.29) is 35.9 Å². The Kier molecular flexibility index (Phi) is 8.52. The summed E-state index contributed by atoms with van der Waals surface area (Å²) in [5, 5.41) is 7.87. The first kappa shape index (κ1) is 30.6. The Labute approximate surface area is 262 Å². The molecule has 0 saturated heterocycles. The number of ether oxygens (including phenoxy) is 1. The van der Waals surface area contributed by atoms with E-state index in [1.54, 1.807) is 49.8 Å². The molecular formula is C33H36N6O5S. The summed E-state index contributed by atoms with van der Waals surface area (Å²) >= 11 is 0. The number of nitrogens with zero attached hydrogens (tertiary/aromatic N) is 3. The quantitative estimate of drug-likeness (QED) is 0.194. The fraction of sp³-hybridized carbons (Fsp3) is 0.364. The van der Waals surface area contributed by atoms with Gasteiger partial charge >= 0.3 is 5.97 Å². The number of esters is 1. The zero-order valence-corrected chi connectivity index (χ0v) is 26.2. The molecule has 0 radical (unpaired) electrons. The van der Waals surface area contributed by atoms with Crippen LogP contribution < -0.4 is 15.4 Å². The highest BCUT2D eigenvalue weighted by Crippen LogP contribution is 2.47. The Balaban J connectivity index is 1.47. The smallest absolute Gasteiger partial charge is 0.339 e. The number of aromatic nitrogens is 3. The molecule has 0 unspecified atom stereocenters. The van der Waals surface area contributed by atoms with Crippen molar-refractivity contribution in [3.05, 3.63) is 89.3 Å². The van der Waals surface area contributed by atoms with Gasteiger partial charge in [-0.25, -0.2) is 17.9 Å². The molecule has 0 spiro atoms. The summed E-state index contributed by atoms with van der Waals surface area (Å²) in [7, 11) is -3.91. The zero-order chi connectivity index (χ0) is 31.7. The number of anilines is 1. The molecule has 1 fully saturated rings. The van der Waals surface area contributed by atoms with Gasteiger partial charge in [0.05, 0.1) is 40.4 Å². The largest absolute Gasteiger partial charge is 0.462 e. The molecule has 11 nitrogen and oxygen atoms in total. The molecule has 0 aliphatic heterocycles. The summed E-state index contributed by atoms with van der Waals surface area (Å²) in [5.41, 5.74) is 3.67. The van der Waals surface area contributed by atoms with Crippen LogP contribution in [-0.2, 0) is 14.8 Å². The molecule has 4 aromatic rings. The van der Waals surface area contributed by atoms with E-state index >= 15 is 0 Å². The van der Waals surface area contributed by atoms with Crippen molar-refractivity contribution in [2.75, 3.05) is 18.5 Å².